The van der Waals surface area contributed by atoms with Gasteiger partial charge in [0.25, 0.3) is 0 Å². The highest BCUT2D eigenvalue weighted by Crippen LogP contribution is 2.25. The largest absolute Gasteiger partial charge is 0.481 e. The average Bonchev–Trinajstić information content (AvgIpc) is 2.43. The monoisotopic (exact) mass is 294 g/mol. The molecule has 2 atom stereocenters. The zero-order valence-corrected chi connectivity index (χ0v) is 11.9. The number of amides is 2. The van der Waals surface area contributed by atoms with Crippen molar-refractivity contribution in [3.05, 3.63) is 29.6 Å². The van der Waals surface area contributed by atoms with Gasteiger partial charge in [0.15, 0.2) is 0 Å². The van der Waals surface area contributed by atoms with E-state index in [0.29, 0.717) is 18.5 Å². The Kier molecular flexibility index (Phi) is 4.77. The Morgan fingerprint density at radius 3 is 2.71 bits per heavy atom. The number of nitrogens with one attached hydrogen (secondary N) is 2. The van der Waals surface area contributed by atoms with Gasteiger partial charge in [-0.2, -0.15) is 0 Å². The van der Waals surface area contributed by atoms with E-state index in [1.54, 1.807) is 13.0 Å². The molecule has 0 aromatic heterocycles. The third kappa shape index (κ3) is 3.93. The highest BCUT2D eigenvalue weighted by atomic mass is 19.1. The number of hydrogen-bond acceptors (Lipinski definition) is 2. The summed E-state index contributed by atoms with van der Waals surface area (Å²) in [6.45, 7) is 1.76. The maximum atomic E-state index is 13.2. The molecular formula is C15H19FN2O3. The molecule has 1 aromatic carbocycles. The molecule has 0 heterocycles. The first-order valence-corrected chi connectivity index (χ1v) is 7.04. The molecule has 0 saturated heterocycles. The molecule has 0 bridgehead atoms. The molecule has 0 aliphatic heterocycles. The molecule has 1 aromatic rings. The molecule has 2 amide bonds. The predicted octanol–water partition coefficient (Wildman–Crippen LogP) is 2.90. The van der Waals surface area contributed by atoms with Gasteiger partial charge in [0.2, 0.25) is 0 Å². The van der Waals surface area contributed by atoms with Crippen LogP contribution in [0.2, 0.25) is 0 Å². The third-order valence-corrected chi connectivity index (χ3v) is 3.85. The maximum Gasteiger partial charge on any atom is 0.319 e. The number of aryl methyl sites for hydroxylation is 1. The van der Waals surface area contributed by atoms with E-state index in [4.69, 9.17) is 0 Å². The fourth-order valence-electron chi connectivity index (χ4n) is 2.65. The van der Waals surface area contributed by atoms with Crippen molar-refractivity contribution in [2.75, 3.05) is 5.32 Å². The minimum Gasteiger partial charge on any atom is -0.481 e. The Labute approximate surface area is 122 Å². The van der Waals surface area contributed by atoms with Crippen LogP contribution in [0.25, 0.3) is 0 Å². The van der Waals surface area contributed by atoms with Crippen molar-refractivity contribution in [3.63, 3.8) is 0 Å². The van der Waals surface area contributed by atoms with Crippen LogP contribution >= 0.6 is 0 Å². The van der Waals surface area contributed by atoms with Crippen molar-refractivity contribution in [2.45, 2.75) is 38.6 Å². The van der Waals surface area contributed by atoms with Crippen LogP contribution in [0.4, 0.5) is 14.9 Å². The first-order valence-electron chi connectivity index (χ1n) is 7.04. The minimum atomic E-state index is -0.887. The number of aliphatic carboxylic acids is 1. The molecule has 1 saturated carbocycles. The van der Waals surface area contributed by atoms with Gasteiger partial charge in [0.05, 0.1) is 5.92 Å². The molecule has 1 fully saturated rings. The Bertz CT molecular complexity index is 548. The van der Waals surface area contributed by atoms with Gasteiger partial charge in [-0.1, -0.05) is 18.9 Å². The number of carbonyl (C=O) groups excluding carboxylic acids is 1. The number of halogens is 1. The molecule has 1 aliphatic carbocycles. The summed E-state index contributed by atoms with van der Waals surface area (Å²) >= 11 is 0. The number of carboxylic acids is 1. The van der Waals surface area contributed by atoms with E-state index in [1.165, 1.54) is 12.1 Å². The summed E-state index contributed by atoms with van der Waals surface area (Å²) in [5, 5.41) is 14.4. The molecule has 1 aliphatic rings. The lowest BCUT2D eigenvalue weighted by atomic mass is 9.84. The van der Waals surface area contributed by atoms with Gasteiger partial charge >= 0.3 is 12.0 Å². The average molecular weight is 294 g/mol. The lowest BCUT2D eigenvalue weighted by Gasteiger charge is -2.29. The number of benzene rings is 1. The number of anilines is 1. The lowest BCUT2D eigenvalue weighted by Crippen LogP contribution is -2.46. The Morgan fingerprint density at radius 1 is 1.29 bits per heavy atom. The molecule has 3 N–H and O–H groups in total. The summed E-state index contributed by atoms with van der Waals surface area (Å²) in [4.78, 5) is 23.2. The summed E-state index contributed by atoms with van der Waals surface area (Å²) in [5.74, 6) is -1.88. The van der Waals surface area contributed by atoms with Crippen molar-refractivity contribution in [2.24, 2.45) is 5.92 Å². The predicted molar refractivity (Wildman–Crippen MR) is 76.7 cm³/mol. The summed E-state index contributed by atoms with van der Waals surface area (Å²) < 4.78 is 13.2. The third-order valence-electron chi connectivity index (χ3n) is 3.85. The number of carbonyl (C=O) groups is 2. The smallest absolute Gasteiger partial charge is 0.319 e. The van der Waals surface area contributed by atoms with Gasteiger partial charge in [-0.15, -0.1) is 0 Å². The van der Waals surface area contributed by atoms with Gasteiger partial charge in [-0.05, 0) is 37.5 Å². The molecule has 6 heteroatoms. The van der Waals surface area contributed by atoms with Crippen LogP contribution in [-0.2, 0) is 4.79 Å². The van der Waals surface area contributed by atoms with Crippen molar-refractivity contribution in [3.8, 4) is 0 Å². The SMILES string of the molecule is Cc1ccc(F)cc1NC(=O)NC1CCCCC1C(=O)O. The van der Waals surface area contributed by atoms with E-state index < -0.39 is 23.7 Å². The molecule has 114 valence electrons. The van der Waals surface area contributed by atoms with Gasteiger partial charge in [-0.3, -0.25) is 4.79 Å². The number of rotatable bonds is 3. The Morgan fingerprint density at radius 2 is 2.00 bits per heavy atom. The van der Waals surface area contributed by atoms with Crippen molar-refractivity contribution in [1.82, 2.24) is 5.32 Å². The normalized spacial score (nSPS) is 21.6. The molecule has 0 radical (unpaired) electrons. The van der Waals surface area contributed by atoms with E-state index in [-0.39, 0.29) is 6.04 Å². The fraction of sp³-hybridized carbons (Fsp3) is 0.467. The molecule has 2 rings (SSSR count). The van der Waals surface area contributed by atoms with Crippen LogP contribution in [0.1, 0.15) is 31.2 Å². The van der Waals surface area contributed by atoms with Crippen molar-refractivity contribution < 1.29 is 19.1 Å². The summed E-state index contributed by atoms with van der Waals surface area (Å²) in [7, 11) is 0. The molecule has 5 nitrogen and oxygen atoms in total. The van der Waals surface area contributed by atoms with E-state index >= 15 is 0 Å². The minimum absolute atomic E-state index is 0.384. The molecule has 0 spiro atoms. The molecular weight excluding hydrogens is 275 g/mol. The Balaban J connectivity index is 2.00. The molecule has 2 unspecified atom stereocenters. The van der Waals surface area contributed by atoms with Gasteiger partial charge in [0.1, 0.15) is 5.82 Å². The van der Waals surface area contributed by atoms with Crippen molar-refractivity contribution in [1.29, 1.82) is 0 Å². The van der Waals surface area contributed by atoms with E-state index in [1.807, 2.05) is 0 Å². The zero-order chi connectivity index (χ0) is 15.4. The fourth-order valence-corrected chi connectivity index (χ4v) is 2.65. The van der Waals surface area contributed by atoms with E-state index in [0.717, 1.165) is 18.4 Å². The lowest BCUT2D eigenvalue weighted by molar-refractivity contribution is -0.143. The van der Waals surface area contributed by atoms with Crippen molar-refractivity contribution >= 4 is 17.7 Å². The highest BCUT2D eigenvalue weighted by Gasteiger charge is 2.31. The Hall–Kier alpha value is -2.11. The second kappa shape index (κ2) is 6.56. The maximum absolute atomic E-state index is 13.2. The first-order chi connectivity index (χ1) is 9.97. The van der Waals surface area contributed by atoms with Crippen LogP contribution in [0.5, 0.6) is 0 Å². The van der Waals surface area contributed by atoms with Crippen LogP contribution in [0, 0.1) is 18.7 Å². The van der Waals surface area contributed by atoms with E-state index in [2.05, 4.69) is 10.6 Å². The summed E-state index contributed by atoms with van der Waals surface area (Å²) in [6, 6.07) is 3.25. The summed E-state index contributed by atoms with van der Waals surface area (Å²) in [5.41, 5.74) is 1.13. The van der Waals surface area contributed by atoms with Crippen LogP contribution < -0.4 is 10.6 Å². The van der Waals surface area contributed by atoms with E-state index in [9.17, 15) is 19.1 Å². The topological polar surface area (TPSA) is 78.4 Å². The first kappa shape index (κ1) is 15.3. The second-order valence-corrected chi connectivity index (χ2v) is 5.39. The van der Waals surface area contributed by atoms with Gasteiger partial charge in [0, 0.05) is 11.7 Å². The van der Waals surface area contributed by atoms with Crippen LogP contribution in [0.15, 0.2) is 18.2 Å². The molecule has 21 heavy (non-hydrogen) atoms. The quantitative estimate of drug-likeness (QED) is 0.802. The number of urea groups is 1. The number of carboxylic acid groups (broad SMARTS) is 1. The second-order valence-electron chi connectivity index (χ2n) is 5.39. The van der Waals surface area contributed by atoms with Gasteiger partial charge < -0.3 is 15.7 Å². The van der Waals surface area contributed by atoms with Crippen LogP contribution in [-0.4, -0.2) is 23.1 Å². The highest BCUT2D eigenvalue weighted by molar-refractivity contribution is 5.90. The number of hydrogen-bond donors (Lipinski definition) is 3. The standard InChI is InChI=1S/C15H19FN2O3/c1-9-6-7-10(16)8-13(9)18-15(21)17-12-5-3-2-4-11(12)14(19)20/h6-8,11-12H,2-5H2,1H3,(H,19,20)(H2,17,18,21). The van der Waals surface area contributed by atoms with Gasteiger partial charge in [-0.25, -0.2) is 9.18 Å². The summed E-state index contributed by atoms with van der Waals surface area (Å²) in [6.07, 6.45) is 2.97. The zero-order valence-electron chi connectivity index (χ0n) is 11.9. The van der Waals surface area contributed by atoms with Crippen LogP contribution in [0.3, 0.4) is 0 Å².